The number of amides is 1. The number of hydrogen-bond donors (Lipinski definition) is 0. The van der Waals surface area contributed by atoms with Crippen molar-refractivity contribution in [2.24, 2.45) is 0 Å². The van der Waals surface area contributed by atoms with E-state index in [9.17, 15) is 9.59 Å². The summed E-state index contributed by atoms with van der Waals surface area (Å²) in [5, 5.41) is 0. The largest absolute Gasteiger partial charge is 0.493 e. The van der Waals surface area contributed by atoms with Crippen molar-refractivity contribution in [2.45, 2.75) is 58.1 Å². The number of piperidine rings is 1. The van der Waals surface area contributed by atoms with Gasteiger partial charge >= 0.3 is 6.09 Å². The molecule has 160 valence electrons. The van der Waals surface area contributed by atoms with Crippen molar-refractivity contribution in [3.05, 3.63) is 65.7 Å². The Balaban J connectivity index is 1.57. The molecule has 30 heavy (non-hydrogen) atoms. The van der Waals surface area contributed by atoms with Gasteiger partial charge in [-0.2, -0.15) is 0 Å². The van der Waals surface area contributed by atoms with E-state index in [-0.39, 0.29) is 17.9 Å². The van der Waals surface area contributed by atoms with E-state index in [4.69, 9.17) is 9.47 Å². The second-order valence-electron chi connectivity index (χ2n) is 8.68. The second-order valence-corrected chi connectivity index (χ2v) is 8.68. The number of rotatable bonds is 6. The fraction of sp³-hybridized carbons (Fsp3) is 0.440. The first-order chi connectivity index (χ1) is 14.3. The van der Waals surface area contributed by atoms with Crippen molar-refractivity contribution >= 4 is 11.9 Å². The molecule has 1 aliphatic heterocycles. The van der Waals surface area contributed by atoms with E-state index in [2.05, 4.69) is 0 Å². The number of hydrogen-bond acceptors (Lipinski definition) is 4. The quantitative estimate of drug-likeness (QED) is 0.593. The number of carbonyl (C=O) groups is 2. The molecule has 0 spiro atoms. The van der Waals surface area contributed by atoms with Crippen LogP contribution in [0, 0.1) is 0 Å². The topological polar surface area (TPSA) is 55.8 Å². The number of benzene rings is 2. The molecule has 0 aromatic heterocycles. The van der Waals surface area contributed by atoms with Crippen LogP contribution in [0.4, 0.5) is 4.79 Å². The van der Waals surface area contributed by atoms with Crippen LogP contribution in [-0.2, 0) is 4.74 Å². The lowest BCUT2D eigenvalue weighted by Crippen LogP contribution is -2.46. The summed E-state index contributed by atoms with van der Waals surface area (Å²) in [6.07, 6.45) is 3.54. The van der Waals surface area contributed by atoms with Gasteiger partial charge in [-0.1, -0.05) is 42.5 Å². The molecule has 1 fully saturated rings. The Labute approximate surface area is 179 Å². The highest BCUT2D eigenvalue weighted by atomic mass is 16.6. The van der Waals surface area contributed by atoms with Gasteiger partial charge in [-0.05, 0) is 52.2 Å². The predicted octanol–water partition coefficient (Wildman–Crippen LogP) is 5.48. The Morgan fingerprint density at radius 2 is 1.73 bits per heavy atom. The number of ether oxygens (including phenoxy) is 2. The minimum Gasteiger partial charge on any atom is -0.493 e. The maximum absolute atomic E-state index is 12.6. The molecule has 1 heterocycles. The molecule has 2 aromatic rings. The molecule has 0 N–H and O–H groups in total. The van der Waals surface area contributed by atoms with Gasteiger partial charge in [0.15, 0.2) is 5.78 Å². The van der Waals surface area contributed by atoms with Gasteiger partial charge in [0.05, 0.1) is 6.61 Å². The third-order valence-electron chi connectivity index (χ3n) is 5.11. The molecule has 1 amide bonds. The van der Waals surface area contributed by atoms with E-state index >= 15 is 0 Å². The van der Waals surface area contributed by atoms with Gasteiger partial charge in [0, 0.05) is 30.1 Å². The lowest BCUT2D eigenvalue weighted by Gasteiger charge is -2.36. The summed E-state index contributed by atoms with van der Waals surface area (Å²) in [5.74, 6) is 0.640. The third-order valence-corrected chi connectivity index (χ3v) is 5.11. The Hall–Kier alpha value is -2.82. The Morgan fingerprint density at radius 3 is 2.47 bits per heavy atom. The van der Waals surface area contributed by atoms with E-state index in [1.54, 1.807) is 12.1 Å². The maximum atomic E-state index is 12.6. The fourth-order valence-corrected chi connectivity index (χ4v) is 3.66. The molecule has 1 aliphatic rings. The van der Waals surface area contributed by atoms with Gasteiger partial charge in [0.2, 0.25) is 0 Å². The molecule has 1 saturated heterocycles. The molecule has 2 aromatic carbocycles. The summed E-state index contributed by atoms with van der Waals surface area (Å²) >= 11 is 0. The molecule has 0 bridgehead atoms. The monoisotopic (exact) mass is 409 g/mol. The highest BCUT2D eigenvalue weighted by Gasteiger charge is 2.30. The van der Waals surface area contributed by atoms with Crippen LogP contribution in [0.1, 0.15) is 62.4 Å². The first-order valence-electron chi connectivity index (χ1n) is 10.7. The Bertz CT molecular complexity index is 857. The van der Waals surface area contributed by atoms with Crippen LogP contribution in [0.25, 0.3) is 0 Å². The zero-order chi connectivity index (χ0) is 21.6. The molecule has 0 saturated carbocycles. The van der Waals surface area contributed by atoms with Crippen molar-refractivity contribution in [1.82, 2.24) is 4.90 Å². The first kappa shape index (κ1) is 21.9. The van der Waals surface area contributed by atoms with E-state index in [0.29, 0.717) is 23.5 Å². The molecule has 5 nitrogen and oxygen atoms in total. The minimum atomic E-state index is -0.499. The first-order valence-corrected chi connectivity index (χ1v) is 10.7. The van der Waals surface area contributed by atoms with Crippen molar-refractivity contribution in [3.8, 4) is 5.75 Å². The van der Waals surface area contributed by atoms with Crippen LogP contribution >= 0.6 is 0 Å². The maximum Gasteiger partial charge on any atom is 0.410 e. The van der Waals surface area contributed by atoms with Crippen molar-refractivity contribution in [3.63, 3.8) is 0 Å². The summed E-state index contributed by atoms with van der Waals surface area (Å²) < 4.78 is 11.5. The zero-order valence-electron chi connectivity index (χ0n) is 18.1. The number of ketones is 1. The molecule has 0 aliphatic carbocycles. The van der Waals surface area contributed by atoms with Gasteiger partial charge in [0.1, 0.15) is 11.4 Å². The van der Waals surface area contributed by atoms with Crippen LogP contribution in [0.3, 0.4) is 0 Å². The second kappa shape index (κ2) is 9.79. The Kier molecular flexibility index (Phi) is 7.14. The SMILES string of the molecule is CC(C)(C)OC(=O)N1CCCCC1CCOc1cccc(C(=O)c2ccccc2)c1. The molecular formula is C25H31NO4. The van der Waals surface area contributed by atoms with Crippen molar-refractivity contribution in [1.29, 1.82) is 0 Å². The molecule has 1 atom stereocenters. The van der Waals surface area contributed by atoms with Gasteiger partial charge in [-0.3, -0.25) is 4.79 Å². The average molecular weight is 410 g/mol. The predicted molar refractivity (Wildman–Crippen MR) is 117 cm³/mol. The standard InChI is InChI=1S/C25H31NO4/c1-25(2,3)30-24(28)26-16-8-7-13-21(26)15-17-29-22-14-9-12-20(18-22)23(27)19-10-5-4-6-11-19/h4-6,9-12,14,18,21H,7-8,13,15-17H2,1-3H3. The highest BCUT2D eigenvalue weighted by Crippen LogP contribution is 2.23. The Morgan fingerprint density at radius 1 is 1.00 bits per heavy atom. The number of carbonyl (C=O) groups excluding carboxylic acids is 2. The van der Waals surface area contributed by atoms with Crippen molar-refractivity contribution in [2.75, 3.05) is 13.2 Å². The summed E-state index contributed by atoms with van der Waals surface area (Å²) in [7, 11) is 0. The van der Waals surface area contributed by atoms with E-state index in [1.165, 1.54) is 0 Å². The van der Waals surface area contributed by atoms with Crippen LogP contribution < -0.4 is 4.74 Å². The van der Waals surface area contributed by atoms with E-state index in [1.807, 2.05) is 68.1 Å². The van der Waals surface area contributed by atoms with Gasteiger partial charge in [-0.15, -0.1) is 0 Å². The third kappa shape index (κ3) is 6.09. The molecule has 0 radical (unpaired) electrons. The van der Waals surface area contributed by atoms with Crippen molar-refractivity contribution < 1.29 is 19.1 Å². The van der Waals surface area contributed by atoms with Gasteiger partial charge in [0.25, 0.3) is 0 Å². The number of likely N-dealkylation sites (tertiary alicyclic amines) is 1. The van der Waals surface area contributed by atoms with Gasteiger partial charge < -0.3 is 14.4 Å². The smallest absolute Gasteiger partial charge is 0.410 e. The summed E-state index contributed by atoms with van der Waals surface area (Å²) in [6.45, 7) is 6.86. The summed E-state index contributed by atoms with van der Waals surface area (Å²) in [4.78, 5) is 27.0. The molecule has 3 rings (SSSR count). The van der Waals surface area contributed by atoms with Crippen LogP contribution in [-0.4, -0.2) is 41.6 Å². The average Bonchev–Trinajstić information content (AvgIpc) is 2.73. The van der Waals surface area contributed by atoms with E-state index in [0.717, 1.165) is 32.2 Å². The summed E-state index contributed by atoms with van der Waals surface area (Å²) in [6, 6.07) is 16.6. The fourth-order valence-electron chi connectivity index (χ4n) is 3.66. The molecule has 1 unspecified atom stereocenters. The van der Waals surface area contributed by atoms with Crippen LogP contribution in [0.5, 0.6) is 5.75 Å². The number of nitrogens with zero attached hydrogens (tertiary/aromatic N) is 1. The zero-order valence-corrected chi connectivity index (χ0v) is 18.1. The molecular weight excluding hydrogens is 378 g/mol. The summed E-state index contributed by atoms with van der Waals surface area (Å²) in [5.41, 5.74) is 0.762. The highest BCUT2D eigenvalue weighted by molar-refractivity contribution is 6.09. The van der Waals surface area contributed by atoms with Crippen LogP contribution in [0.2, 0.25) is 0 Å². The normalized spacial score (nSPS) is 16.8. The van der Waals surface area contributed by atoms with Crippen LogP contribution in [0.15, 0.2) is 54.6 Å². The minimum absolute atomic E-state index is 0.0237. The van der Waals surface area contributed by atoms with E-state index < -0.39 is 5.60 Å². The lowest BCUT2D eigenvalue weighted by molar-refractivity contribution is 0.00742. The molecule has 5 heteroatoms. The lowest BCUT2D eigenvalue weighted by atomic mass is 10.00. The van der Waals surface area contributed by atoms with Gasteiger partial charge in [-0.25, -0.2) is 4.79 Å².